The quantitative estimate of drug-likeness (QED) is 0.566. The molecule has 1 aromatic heterocycles. The fourth-order valence-electron chi connectivity index (χ4n) is 3.04. The summed E-state index contributed by atoms with van der Waals surface area (Å²) in [4.78, 5) is 15.5. The van der Waals surface area contributed by atoms with Crippen LogP contribution in [0.5, 0.6) is 0 Å². The van der Waals surface area contributed by atoms with E-state index in [1.165, 1.54) is 6.07 Å². The van der Waals surface area contributed by atoms with Crippen LogP contribution >= 0.6 is 0 Å². The van der Waals surface area contributed by atoms with E-state index in [-0.39, 0.29) is 11.3 Å². The molecule has 0 spiro atoms. The van der Waals surface area contributed by atoms with Crippen molar-refractivity contribution in [1.82, 2.24) is 9.55 Å². The highest BCUT2D eigenvalue weighted by molar-refractivity contribution is 5.76. The summed E-state index contributed by atoms with van der Waals surface area (Å²) in [6, 6.07) is 14.8. The third-order valence-electron chi connectivity index (χ3n) is 4.34. The van der Waals surface area contributed by atoms with Crippen LogP contribution in [0, 0.1) is 21.4 Å². The number of nitro groups is 1. The predicted octanol–water partition coefficient (Wildman–Crippen LogP) is 3.76. The molecule has 0 atom stereocenters. The molecular formula is C18H15N5O2. The fraction of sp³-hybridized carbons (Fsp3) is 0.222. The second kappa shape index (κ2) is 5.91. The number of hydrogen-bond acceptors (Lipinski definition) is 5. The van der Waals surface area contributed by atoms with E-state index in [2.05, 4.69) is 14.9 Å². The van der Waals surface area contributed by atoms with E-state index in [9.17, 15) is 10.1 Å². The van der Waals surface area contributed by atoms with Crippen molar-refractivity contribution < 1.29 is 4.92 Å². The van der Waals surface area contributed by atoms with Gasteiger partial charge in [0.15, 0.2) is 0 Å². The highest BCUT2D eigenvalue weighted by Crippen LogP contribution is 2.39. The van der Waals surface area contributed by atoms with Gasteiger partial charge in [-0.1, -0.05) is 12.1 Å². The molecule has 3 aromatic rings. The van der Waals surface area contributed by atoms with Gasteiger partial charge in [-0.15, -0.1) is 0 Å². The molecule has 1 fully saturated rings. The average molecular weight is 333 g/mol. The van der Waals surface area contributed by atoms with Crippen LogP contribution in [0.4, 0.5) is 11.4 Å². The first-order valence-corrected chi connectivity index (χ1v) is 8.05. The monoisotopic (exact) mass is 333 g/mol. The number of nitrogens with zero attached hydrogens (tertiary/aromatic N) is 4. The minimum atomic E-state index is -0.479. The number of fused-ring (bicyclic) bond motifs is 1. The van der Waals surface area contributed by atoms with Gasteiger partial charge in [-0.2, -0.15) is 5.26 Å². The molecule has 0 amide bonds. The molecule has 0 saturated heterocycles. The normalized spacial score (nSPS) is 13.6. The molecule has 0 radical (unpaired) electrons. The molecule has 124 valence electrons. The van der Waals surface area contributed by atoms with E-state index < -0.39 is 4.92 Å². The van der Waals surface area contributed by atoms with Gasteiger partial charge in [0.05, 0.1) is 34.1 Å². The van der Waals surface area contributed by atoms with Crippen molar-refractivity contribution in [2.75, 3.05) is 5.32 Å². The Labute approximate surface area is 143 Å². The van der Waals surface area contributed by atoms with E-state index in [4.69, 9.17) is 5.26 Å². The predicted molar refractivity (Wildman–Crippen MR) is 93.1 cm³/mol. The molecule has 1 aliphatic rings. The summed E-state index contributed by atoms with van der Waals surface area (Å²) in [5, 5.41) is 23.3. The summed E-state index contributed by atoms with van der Waals surface area (Å²) in [6.07, 6.45) is 2.26. The Morgan fingerprint density at radius 2 is 2.12 bits per heavy atom. The molecule has 0 unspecified atom stereocenters. The van der Waals surface area contributed by atoms with Crippen molar-refractivity contribution in [3.63, 3.8) is 0 Å². The van der Waals surface area contributed by atoms with Crippen LogP contribution in [0.1, 0.15) is 30.3 Å². The molecule has 1 heterocycles. The largest absolute Gasteiger partial charge is 0.372 e. The van der Waals surface area contributed by atoms with Crippen LogP contribution in [0.2, 0.25) is 0 Å². The van der Waals surface area contributed by atoms with Gasteiger partial charge in [0, 0.05) is 12.1 Å². The number of imidazole rings is 1. The van der Waals surface area contributed by atoms with Gasteiger partial charge in [-0.25, -0.2) is 4.98 Å². The standard InChI is InChI=1S/C18H15N5O2/c19-10-12-5-8-14(17(9-12)23(24)25)20-11-18-21-15-3-1-2-4-16(15)22(18)13-6-7-13/h1-5,8-9,13,20H,6-7,11H2. The zero-order valence-electron chi connectivity index (χ0n) is 13.3. The van der Waals surface area contributed by atoms with Gasteiger partial charge < -0.3 is 9.88 Å². The molecule has 1 saturated carbocycles. The Morgan fingerprint density at radius 1 is 1.32 bits per heavy atom. The zero-order chi connectivity index (χ0) is 17.4. The van der Waals surface area contributed by atoms with Crippen molar-refractivity contribution >= 4 is 22.4 Å². The summed E-state index contributed by atoms with van der Waals surface area (Å²) < 4.78 is 2.22. The van der Waals surface area contributed by atoms with Gasteiger partial charge in [0.2, 0.25) is 0 Å². The van der Waals surface area contributed by atoms with E-state index in [1.807, 2.05) is 30.3 Å². The lowest BCUT2D eigenvalue weighted by molar-refractivity contribution is -0.384. The first-order valence-electron chi connectivity index (χ1n) is 8.05. The summed E-state index contributed by atoms with van der Waals surface area (Å²) >= 11 is 0. The van der Waals surface area contributed by atoms with Crippen LogP contribution in [0.25, 0.3) is 11.0 Å². The first-order chi connectivity index (χ1) is 12.2. The Bertz CT molecular complexity index is 1010. The average Bonchev–Trinajstić information content (AvgIpc) is 3.40. The lowest BCUT2D eigenvalue weighted by Crippen LogP contribution is -2.09. The molecule has 25 heavy (non-hydrogen) atoms. The SMILES string of the molecule is N#Cc1ccc(NCc2nc3ccccc3n2C2CC2)c([N+](=O)[O-])c1. The summed E-state index contributed by atoms with van der Waals surface area (Å²) in [7, 11) is 0. The Morgan fingerprint density at radius 3 is 2.84 bits per heavy atom. The number of hydrogen-bond donors (Lipinski definition) is 1. The summed E-state index contributed by atoms with van der Waals surface area (Å²) in [5.41, 5.74) is 2.57. The zero-order valence-corrected chi connectivity index (χ0v) is 13.3. The maximum absolute atomic E-state index is 11.3. The maximum Gasteiger partial charge on any atom is 0.293 e. The number of anilines is 1. The van der Waals surface area contributed by atoms with Gasteiger partial charge in [-0.3, -0.25) is 10.1 Å². The fourth-order valence-corrected chi connectivity index (χ4v) is 3.04. The van der Waals surface area contributed by atoms with Gasteiger partial charge in [0.1, 0.15) is 11.5 Å². The third kappa shape index (κ3) is 2.78. The van der Waals surface area contributed by atoms with E-state index >= 15 is 0 Å². The molecule has 4 rings (SSSR count). The number of nitrogens with one attached hydrogen (secondary N) is 1. The minimum absolute atomic E-state index is 0.104. The molecule has 0 bridgehead atoms. The van der Waals surface area contributed by atoms with Gasteiger partial charge in [0.25, 0.3) is 5.69 Å². The maximum atomic E-state index is 11.3. The van der Waals surface area contributed by atoms with Crippen molar-refractivity contribution in [2.45, 2.75) is 25.4 Å². The van der Waals surface area contributed by atoms with E-state index in [1.54, 1.807) is 12.1 Å². The van der Waals surface area contributed by atoms with Crippen LogP contribution < -0.4 is 5.32 Å². The molecule has 1 N–H and O–H groups in total. The van der Waals surface area contributed by atoms with Crippen LogP contribution in [0.15, 0.2) is 42.5 Å². The van der Waals surface area contributed by atoms with Crippen molar-refractivity contribution in [3.05, 3.63) is 64.0 Å². The first kappa shape index (κ1) is 15.1. The van der Waals surface area contributed by atoms with E-state index in [0.29, 0.717) is 18.3 Å². The van der Waals surface area contributed by atoms with Crippen molar-refractivity contribution in [3.8, 4) is 6.07 Å². The Balaban J connectivity index is 1.66. The summed E-state index contributed by atoms with van der Waals surface area (Å²) in [5.74, 6) is 0.863. The molecular weight excluding hydrogens is 318 g/mol. The molecule has 7 nitrogen and oxygen atoms in total. The number of para-hydroxylation sites is 2. The third-order valence-corrected chi connectivity index (χ3v) is 4.34. The molecule has 1 aliphatic carbocycles. The topological polar surface area (TPSA) is 96.8 Å². The number of rotatable bonds is 5. The number of nitriles is 1. The summed E-state index contributed by atoms with van der Waals surface area (Å²) in [6.45, 7) is 0.387. The Hall–Kier alpha value is -3.40. The number of aromatic nitrogens is 2. The second-order valence-electron chi connectivity index (χ2n) is 6.07. The minimum Gasteiger partial charge on any atom is -0.372 e. The van der Waals surface area contributed by atoms with Crippen LogP contribution in [-0.2, 0) is 6.54 Å². The highest BCUT2D eigenvalue weighted by Gasteiger charge is 2.28. The number of benzene rings is 2. The van der Waals surface area contributed by atoms with Crippen LogP contribution in [-0.4, -0.2) is 14.5 Å². The van der Waals surface area contributed by atoms with Crippen LogP contribution in [0.3, 0.4) is 0 Å². The van der Waals surface area contributed by atoms with E-state index in [0.717, 1.165) is 29.7 Å². The Kier molecular flexibility index (Phi) is 3.58. The lowest BCUT2D eigenvalue weighted by Gasteiger charge is -2.10. The smallest absolute Gasteiger partial charge is 0.293 e. The highest BCUT2D eigenvalue weighted by atomic mass is 16.6. The molecule has 7 heteroatoms. The molecule has 2 aromatic carbocycles. The molecule has 0 aliphatic heterocycles. The number of nitro benzene ring substituents is 1. The van der Waals surface area contributed by atoms with Crippen molar-refractivity contribution in [2.24, 2.45) is 0 Å². The van der Waals surface area contributed by atoms with Crippen molar-refractivity contribution in [1.29, 1.82) is 5.26 Å². The lowest BCUT2D eigenvalue weighted by atomic mass is 10.2. The van der Waals surface area contributed by atoms with Gasteiger partial charge in [-0.05, 0) is 37.1 Å². The second-order valence-corrected chi connectivity index (χ2v) is 6.07. The van der Waals surface area contributed by atoms with Gasteiger partial charge >= 0.3 is 0 Å².